The second-order valence-corrected chi connectivity index (χ2v) is 28.6. The van der Waals surface area contributed by atoms with E-state index in [0.717, 1.165) is 0 Å². The number of rotatable bonds is 0. The zero-order chi connectivity index (χ0) is 26.7. The molecule has 0 unspecified atom stereocenters. The summed E-state index contributed by atoms with van der Waals surface area (Å²) in [4.78, 5) is 0. The maximum Gasteiger partial charge on any atom is 0.0717 e. The summed E-state index contributed by atoms with van der Waals surface area (Å²) < 4.78 is 18.8. The van der Waals surface area contributed by atoms with Gasteiger partial charge in [0.1, 0.15) is 0 Å². The topological polar surface area (TPSA) is 0 Å². The van der Waals surface area contributed by atoms with Crippen molar-refractivity contribution in [1.29, 1.82) is 0 Å². The van der Waals surface area contributed by atoms with Crippen LogP contribution in [0.2, 0.25) is 0 Å². The molecule has 0 saturated heterocycles. The Kier molecular flexibility index (Phi) is 13.4. The van der Waals surface area contributed by atoms with Gasteiger partial charge in [-0.25, -0.2) is 0 Å². The van der Waals surface area contributed by atoms with Crippen molar-refractivity contribution in [2.24, 2.45) is 0 Å². The van der Waals surface area contributed by atoms with Crippen LogP contribution in [0.4, 0.5) is 0 Å². The van der Waals surface area contributed by atoms with Crippen LogP contribution < -0.4 is 0 Å². The Hall–Kier alpha value is 4.04. The zero-order valence-electron chi connectivity index (χ0n) is 21.0. The summed E-state index contributed by atoms with van der Waals surface area (Å²) in [5.41, 5.74) is 0. The Bertz CT molecular complexity index is 957. The van der Waals surface area contributed by atoms with E-state index >= 15 is 0 Å². The lowest BCUT2D eigenvalue weighted by atomic mass is 10.6. The first-order chi connectivity index (χ1) is 19.8. The maximum atomic E-state index is 2.13. The first-order valence-corrected chi connectivity index (χ1v) is 27.1. The molecular formula is C24H24S16. The van der Waals surface area contributed by atoms with Crippen molar-refractivity contribution in [1.82, 2.24) is 0 Å². The van der Waals surface area contributed by atoms with Gasteiger partial charge in [0.2, 0.25) is 0 Å². The highest BCUT2D eigenvalue weighted by atomic mass is 32.3. The summed E-state index contributed by atoms with van der Waals surface area (Å²) in [7, 11) is 0. The molecule has 216 valence electrons. The van der Waals surface area contributed by atoms with Crippen LogP contribution in [-0.2, 0) is 0 Å². The van der Waals surface area contributed by atoms with Gasteiger partial charge in [-0.15, -0.1) is 94.1 Å². The van der Waals surface area contributed by atoms with E-state index in [-0.39, 0.29) is 0 Å². The van der Waals surface area contributed by atoms with Gasteiger partial charge in [-0.3, -0.25) is 0 Å². The number of fused-ring (bicyclic) bond motifs is 16. The Balaban J connectivity index is 1.25. The molecule has 0 aromatic heterocycles. The van der Waals surface area contributed by atoms with Crippen LogP contribution in [0.3, 0.4) is 0 Å². The van der Waals surface area contributed by atoms with Gasteiger partial charge in [0.15, 0.2) is 0 Å². The smallest absolute Gasteiger partial charge is 0.0717 e. The molecule has 16 heteroatoms. The Morgan fingerprint density at radius 2 is 0.350 bits per heavy atom. The molecule has 0 nitrogen and oxygen atoms in total. The predicted molar refractivity (Wildman–Crippen MR) is 221 cm³/mol. The monoisotopic (exact) mass is 824 g/mol. The zero-order valence-corrected chi connectivity index (χ0v) is 34.1. The Morgan fingerprint density at radius 3 is 0.500 bits per heavy atom. The highest BCUT2D eigenvalue weighted by molar-refractivity contribution is 8.46. The molecule has 0 saturated carbocycles. The molecule has 8 rings (SSSR count). The van der Waals surface area contributed by atoms with Gasteiger partial charge in [-0.05, 0) is 71.7 Å². The first-order valence-electron chi connectivity index (χ1n) is 12.7. The van der Waals surface area contributed by atoms with Crippen molar-refractivity contribution in [3.05, 3.63) is 50.8 Å². The van der Waals surface area contributed by atoms with E-state index < -0.39 is 0 Å². The van der Waals surface area contributed by atoms with Crippen LogP contribution in [0.5, 0.6) is 0 Å². The molecule has 8 aliphatic heterocycles. The summed E-state index contributed by atoms with van der Waals surface area (Å²) in [5.74, 6) is 9.78. The summed E-state index contributed by atoms with van der Waals surface area (Å²) >= 11 is 33.7. The second-order valence-electron chi connectivity index (χ2n) is 8.47. The van der Waals surface area contributed by atoms with E-state index in [9.17, 15) is 0 Å². The lowest BCUT2D eigenvalue weighted by Crippen LogP contribution is -1.88. The molecule has 40 heavy (non-hydrogen) atoms. The van der Waals surface area contributed by atoms with Crippen LogP contribution in [0.1, 0.15) is 25.7 Å². The minimum absolute atomic E-state index is 1.22. The molecule has 0 radical (unpaired) electrons. The van der Waals surface area contributed by atoms with Gasteiger partial charge >= 0.3 is 0 Å². The van der Waals surface area contributed by atoms with Crippen molar-refractivity contribution in [2.75, 3.05) is 46.0 Å². The van der Waals surface area contributed by atoms with Crippen molar-refractivity contribution in [2.45, 2.75) is 25.7 Å². The second kappa shape index (κ2) is 16.4. The van der Waals surface area contributed by atoms with E-state index in [4.69, 9.17) is 0 Å². The normalized spacial score (nSPS) is 27.6. The largest absolute Gasteiger partial charge is 0.117 e. The van der Waals surface area contributed by atoms with E-state index in [0.29, 0.717) is 0 Å². The fourth-order valence-corrected chi connectivity index (χ4v) is 28.5. The molecule has 0 atom stereocenters. The number of thioether (sulfide) groups is 16. The minimum atomic E-state index is 1.22. The van der Waals surface area contributed by atoms with Gasteiger partial charge in [-0.1, -0.05) is 94.1 Å². The van der Waals surface area contributed by atoms with E-state index in [1.807, 2.05) is 0 Å². The fourth-order valence-electron chi connectivity index (χ4n) is 3.69. The molecule has 12 bridgehead atoms. The van der Waals surface area contributed by atoms with Gasteiger partial charge in [0.05, 0.1) is 50.8 Å². The van der Waals surface area contributed by atoms with Crippen molar-refractivity contribution < 1.29 is 0 Å². The first kappa shape index (κ1) is 32.6. The quantitative estimate of drug-likeness (QED) is 0.227. The lowest BCUT2D eigenvalue weighted by Gasteiger charge is -2.08. The van der Waals surface area contributed by atoms with E-state index in [1.54, 1.807) is 50.8 Å². The average Bonchev–Trinajstić information content (AvgIpc) is 3.73. The fraction of sp³-hybridized carbons (Fsp3) is 0.500. The molecule has 0 N–H and O–H groups in total. The lowest BCUT2D eigenvalue weighted by molar-refractivity contribution is 1.13. The highest BCUT2D eigenvalue weighted by Crippen LogP contribution is 2.68. The molecule has 0 aromatic carbocycles. The van der Waals surface area contributed by atoms with Gasteiger partial charge in [-0.2, -0.15) is 0 Å². The van der Waals surface area contributed by atoms with Crippen molar-refractivity contribution in [3.8, 4) is 0 Å². The standard InChI is InChI=1S/C24H24S16/c1-5-25-13-15-27-7-2-9-29-17-19-31-11-4-12-32-20-18(38-24(40-20)21(33-13)35-15)30-10-3-8-28-16-14(26-6-1)34-22(36-16)23(37-17)39-19/h1-12H2. The van der Waals surface area contributed by atoms with Crippen molar-refractivity contribution >= 4 is 188 Å². The van der Waals surface area contributed by atoms with Crippen LogP contribution in [0.25, 0.3) is 0 Å². The minimum Gasteiger partial charge on any atom is -0.117 e. The van der Waals surface area contributed by atoms with Gasteiger partial charge in [0, 0.05) is 0 Å². The SMILES string of the molecule is C1CSC2=C3SCCCSC4=C5SCCCSC6=C(SCCCSC7=C(SC1)SC(=C(S4)S5)S7)SC(=C(S2)S3)S6. The summed E-state index contributed by atoms with van der Waals surface area (Å²) in [6.45, 7) is 0. The van der Waals surface area contributed by atoms with E-state index in [1.165, 1.54) is 71.7 Å². The predicted octanol–water partition coefficient (Wildman–Crippen LogP) is 14.1. The third kappa shape index (κ3) is 8.36. The van der Waals surface area contributed by atoms with Crippen LogP contribution in [0, 0.1) is 0 Å². The number of hydrogen-bond donors (Lipinski definition) is 0. The average molecular weight is 826 g/mol. The molecule has 0 aliphatic carbocycles. The number of hydrogen-bond acceptors (Lipinski definition) is 16. The molecule has 0 spiro atoms. The summed E-state index contributed by atoms with van der Waals surface area (Å²) in [6.07, 6.45) is 5.08. The van der Waals surface area contributed by atoms with Gasteiger partial charge < -0.3 is 0 Å². The summed E-state index contributed by atoms with van der Waals surface area (Å²) in [6, 6.07) is 0. The van der Waals surface area contributed by atoms with Gasteiger partial charge in [0.25, 0.3) is 0 Å². The molecule has 0 aromatic rings. The van der Waals surface area contributed by atoms with Crippen LogP contribution in [0.15, 0.2) is 50.8 Å². The van der Waals surface area contributed by atoms with Crippen LogP contribution in [-0.4, -0.2) is 46.0 Å². The Labute approximate surface area is 306 Å². The maximum absolute atomic E-state index is 2.13. The Morgan fingerprint density at radius 1 is 0.200 bits per heavy atom. The summed E-state index contributed by atoms with van der Waals surface area (Å²) in [5, 5.41) is 0. The van der Waals surface area contributed by atoms with E-state index in [2.05, 4.69) is 188 Å². The molecule has 0 fully saturated rings. The van der Waals surface area contributed by atoms with Crippen molar-refractivity contribution in [3.63, 3.8) is 0 Å². The highest BCUT2D eigenvalue weighted by Gasteiger charge is 2.33. The third-order valence-electron chi connectivity index (χ3n) is 5.50. The molecule has 8 aliphatic rings. The molecular weight excluding hydrogens is 801 g/mol. The van der Waals surface area contributed by atoms with Crippen LogP contribution >= 0.6 is 188 Å². The molecule has 0 amide bonds. The third-order valence-corrected chi connectivity index (χ3v) is 29.3. The molecule has 8 heterocycles.